The molecule has 0 saturated carbocycles. The highest BCUT2D eigenvalue weighted by molar-refractivity contribution is 7.89. The van der Waals surface area contributed by atoms with E-state index in [1.54, 1.807) is 19.1 Å². The van der Waals surface area contributed by atoms with Crippen molar-refractivity contribution in [3.63, 3.8) is 0 Å². The van der Waals surface area contributed by atoms with Gasteiger partial charge in [-0.3, -0.25) is 0 Å². The molecule has 2 aromatic carbocycles. The van der Waals surface area contributed by atoms with E-state index >= 15 is 0 Å². The summed E-state index contributed by atoms with van der Waals surface area (Å²) >= 11 is 17.5. The van der Waals surface area contributed by atoms with Crippen molar-refractivity contribution < 1.29 is 12.8 Å². The normalized spacial score (nSPS) is 13.1. The molecule has 0 amide bonds. The summed E-state index contributed by atoms with van der Waals surface area (Å²) in [5.41, 5.74) is 0.572. The van der Waals surface area contributed by atoms with Crippen LogP contribution in [0.4, 0.5) is 4.39 Å². The molecule has 0 fully saturated rings. The van der Waals surface area contributed by atoms with Gasteiger partial charge in [-0.25, -0.2) is 17.5 Å². The maximum atomic E-state index is 13.1. The maximum absolute atomic E-state index is 13.1. The van der Waals surface area contributed by atoms with Crippen LogP contribution in [0.3, 0.4) is 0 Å². The first-order valence-electron chi connectivity index (χ1n) is 6.13. The van der Waals surface area contributed by atoms with Crippen LogP contribution in [0, 0.1) is 5.82 Å². The van der Waals surface area contributed by atoms with Gasteiger partial charge in [0.15, 0.2) is 0 Å². The molecule has 22 heavy (non-hydrogen) atoms. The molecule has 0 radical (unpaired) electrons. The van der Waals surface area contributed by atoms with E-state index in [-0.39, 0.29) is 9.92 Å². The van der Waals surface area contributed by atoms with Crippen LogP contribution >= 0.6 is 34.8 Å². The summed E-state index contributed by atoms with van der Waals surface area (Å²) in [5, 5.41) is 0.536. The fraction of sp³-hybridized carbons (Fsp3) is 0.143. The highest BCUT2D eigenvalue weighted by atomic mass is 35.5. The SMILES string of the molecule is C[C@@H](NS(=O)(=O)c1ccc(F)c(Cl)c1)c1ccc(Cl)cc1Cl. The van der Waals surface area contributed by atoms with E-state index in [0.717, 1.165) is 18.2 Å². The van der Waals surface area contributed by atoms with E-state index in [4.69, 9.17) is 34.8 Å². The Hall–Kier alpha value is -0.850. The third-order valence-corrected chi connectivity index (χ3v) is 5.35. The largest absolute Gasteiger partial charge is 0.241 e. The number of rotatable bonds is 4. The number of halogens is 4. The molecule has 3 nitrogen and oxygen atoms in total. The molecule has 0 aliphatic rings. The second kappa shape index (κ2) is 6.72. The second-order valence-corrected chi connectivity index (χ2v) is 7.55. The third kappa shape index (κ3) is 3.91. The first-order valence-corrected chi connectivity index (χ1v) is 8.75. The van der Waals surface area contributed by atoms with Crippen LogP contribution in [-0.2, 0) is 10.0 Å². The minimum atomic E-state index is -3.87. The van der Waals surface area contributed by atoms with Gasteiger partial charge in [0, 0.05) is 16.1 Å². The van der Waals surface area contributed by atoms with Gasteiger partial charge in [-0.1, -0.05) is 40.9 Å². The lowest BCUT2D eigenvalue weighted by molar-refractivity contribution is 0.566. The van der Waals surface area contributed by atoms with Crippen LogP contribution < -0.4 is 4.72 Å². The van der Waals surface area contributed by atoms with E-state index < -0.39 is 21.9 Å². The Morgan fingerprint density at radius 1 is 1.05 bits per heavy atom. The quantitative estimate of drug-likeness (QED) is 0.823. The second-order valence-electron chi connectivity index (χ2n) is 4.58. The predicted molar refractivity (Wildman–Crippen MR) is 86.6 cm³/mol. The van der Waals surface area contributed by atoms with Crippen LogP contribution in [0.25, 0.3) is 0 Å². The fourth-order valence-electron chi connectivity index (χ4n) is 1.86. The molecule has 2 aromatic rings. The molecule has 1 N–H and O–H groups in total. The van der Waals surface area contributed by atoms with Crippen molar-refractivity contribution in [2.75, 3.05) is 0 Å². The topological polar surface area (TPSA) is 46.2 Å². The van der Waals surface area contributed by atoms with E-state index in [0.29, 0.717) is 15.6 Å². The molecule has 8 heteroatoms. The van der Waals surface area contributed by atoms with Gasteiger partial charge in [0.05, 0.1) is 9.92 Å². The predicted octanol–water partition coefficient (Wildman–Crippen LogP) is 4.83. The smallest absolute Gasteiger partial charge is 0.207 e. The van der Waals surface area contributed by atoms with Gasteiger partial charge in [0.1, 0.15) is 5.82 Å². The number of benzene rings is 2. The molecule has 0 aliphatic carbocycles. The van der Waals surface area contributed by atoms with E-state index in [2.05, 4.69) is 4.72 Å². The maximum Gasteiger partial charge on any atom is 0.241 e. The van der Waals surface area contributed by atoms with Gasteiger partial charge < -0.3 is 0 Å². The summed E-state index contributed by atoms with van der Waals surface area (Å²) in [7, 11) is -3.87. The van der Waals surface area contributed by atoms with Crippen LogP contribution in [0.15, 0.2) is 41.3 Å². The first kappa shape index (κ1) is 17.5. The lowest BCUT2D eigenvalue weighted by Crippen LogP contribution is -2.27. The summed E-state index contributed by atoms with van der Waals surface area (Å²) in [6.45, 7) is 1.64. The van der Waals surface area contributed by atoms with Gasteiger partial charge in [-0.2, -0.15) is 0 Å². The molecule has 0 unspecified atom stereocenters. The molecule has 1 atom stereocenters. The van der Waals surface area contributed by atoms with Crippen molar-refractivity contribution in [1.29, 1.82) is 0 Å². The molecule has 0 aromatic heterocycles. The van der Waals surface area contributed by atoms with Gasteiger partial charge in [0.2, 0.25) is 10.0 Å². The number of hydrogen-bond acceptors (Lipinski definition) is 2. The van der Waals surface area contributed by atoms with Crippen LogP contribution in [0.2, 0.25) is 15.1 Å². The van der Waals surface area contributed by atoms with Crippen LogP contribution in [-0.4, -0.2) is 8.42 Å². The monoisotopic (exact) mass is 381 g/mol. The lowest BCUT2D eigenvalue weighted by atomic mass is 10.1. The zero-order valence-corrected chi connectivity index (χ0v) is 14.4. The summed E-state index contributed by atoms with van der Waals surface area (Å²) in [6.07, 6.45) is 0. The molecule has 0 bridgehead atoms. The van der Waals surface area contributed by atoms with Crippen molar-refractivity contribution >= 4 is 44.8 Å². The number of hydrogen-bond donors (Lipinski definition) is 1. The summed E-state index contributed by atoms with van der Waals surface area (Å²) in [4.78, 5) is -0.129. The number of nitrogens with one attached hydrogen (secondary N) is 1. The average Bonchev–Trinajstić information content (AvgIpc) is 2.40. The Balaban J connectivity index is 2.29. The van der Waals surface area contributed by atoms with Crippen molar-refractivity contribution in [3.05, 3.63) is 62.8 Å². The molecular formula is C14H11Cl3FNO2S. The average molecular weight is 383 g/mol. The zero-order chi connectivity index (χ0) is 16.5. The standard InChI is InChI=1S/C14H11Cl3FNO2S/c1-8(11-4-2-9(15)6-12(11)16)19-22(20,21)10-3-5-14(18)13(17)7-10/h2-8,19H,1H3/t8-/m1/s1. The molecule has 0 aliphatic heterocycles. The van der Waals surface area contributed by atoms with Crippen molar-refractivity contribution in [3.8, 4) is 0 Å². The molecule has 2 rings (SSSR count). The van der Waals surface area contributed by atoms with Crippen molar-refractivity contribution in [2.24, 2.45) is 0 Å². The highest BCUT2D eigenvalue weighted by Crippen LogP contribution is 2.27. The fourth-order valence-corrected chi connectivity index (χ4v) is 3.93. The molecule has 0 spiro atoms. The van der Waals surface area contributed by atoms with E-state index in [9.17, 15) is 12.8 Å². The van der Waals surface area contributed by atoms with Gasteiger partial charge in [-0.05, 0) is 42.8 Å². The van der Waals surface area contributed by atoms with Crippen LogP contribution in [0.5, 0.6) is 0 Å². The lowest BCUT2D eigenvalue weighted by Gasteiger charge is -2.16. The van der Waals surface area contributed by atoms with Gasteiger partial charge in [-0.15, -0.1) is 0 Å². The molecule has 118 valence electrons. The third-order valence-electron chi connectivity index (χ3n) is 2.96. The molecule has 0 saturated heterocycles. The highest BCUT2D eigenvalue weighted by Gasteiger charge is 2.21. The first-order chi connectivity index (χ1) is 10.2. The molecular weight excluding hydrogens is 372 g/mol. The van der Waals surface area contributed by atoms with E-state index in [1.165, 1.54) is 6.07 Å². The van der Waals surface area contributed by atoms with E-state index in [1.807, 2.05) is 0 Å². The number of sulfonamides is 1. The minimum absolute atomic E-state index is 0.129. The van der Waals surface area contributed by atoms with Crippen molar-refractivity contribution in [1.82, 2.24) is 4.72 Å². The minimum Gasteiger partial charge on any atom is -0.207 e. The molecule has 0 heterocycles. The Labute approximate surface area is 143 Å². The van der Waals surface area contributed by atoms with Gasteiger partial charge in [0.25, 0.3) is 0 Å². The summed E-state index contributed by atoms with van der Waals surface area (Å²) in [6, 6.07) is 7.36. The summed E-state index contributed by atoms with van der Waals surface area (Å²) in [5.74, 6) is -0.686. The Bertz CT molecular complexity index is 812. The van der Waals surface area contributed by atoms with Gasteiger partial charge >= 0.3 is 0 Å². The van der Waals surface area contributed by atoms with Crippen LogP contribution in [0.1, 0.15) is 18.5 Å². The van der Waals surface area contributed by atoms with Crippen molar-refractivity contribution in [2.45, 2.75) is 17.9 Å². The Morgan fingerprint density at radius 2 is 1.73 bits per heavy atom. The summed E-state index contributed by atoms with van der Waals surface area (Å²) < 4.78 is 40.2. The zero-order valence-electron chi connectivity index (χ0n) is 11.3. The Morgan fingerprint density at radius 3 is 2.32 bits per heavy atom. The Kier molecular flexibility index (Phi) is 5.35.